The van der Waals surface area contributed by atoms with Crippen LogP contribution in [-0.2, 0) is 4.74 Å². The summed E-state index contributed by atoms with van der Waals surface area (Å²) in [6, 6.07) is 4.99. The van der Waals surface area contributed by atoms with Crippen molar-refractivity contribution in [3.05, 3.63) is 23.8 Å². The molecule has 0 aliphatic carbocycles. The van der Waals surface area contributed by atoms with Crippen LogP contribution in [0.1, 0.15) is 30.6 Å². The fourth-order valence-electron chi connectivity index (χ4n) is 1.43. The first-order valence-corrected chi connectivity index (χ1v) is 6.45. The zero-order chi connectivity index (χ0) is 14.8. The highest BCUT2D eigenvalue weighted by atomic mass is 16.5. The number of nitrogens with one attached hydrogen (secondary N) is 1. The molecule has 0 radical (unpaired) electrons. The highest BCUT2D eigenvalue weighted by Gasteiger charge is 2.08. The van der Waals surface area contributed by atoms with Gasteiger partial charge in [-0.2, -0.15) is 0 Å². The Hall–Kier alpha value is -2.59. The van der Waals surface area contributed by atoms with Gasteiger partial charge in [-0.05, 0) is 37.0 Å². The van der Waals surface area contributed by atoms with Gasteiger partial charge in [0.25, 0.3) is 0 Å². The molecule has 4 heteroatoms. The summed E-state index contributed by atoms with van der Waals surface area (Å²) in [5, 5.41) is 3.07. The van der Waals surface area contributed by atoms with E-state index in [1.165, 1.54) is 0 Å². The minimum absolute atomic E-state index is 0.340. The zero-order valence-electron chi connectivity index (χ0n) is 11.7. The minimum Gasteiger partial charge on any atom is -0.462 e. The lowest BCUT2D eigenvalue weighted by molar-refractivity contribution is 0.0526. The quantitative estimate of drug-likeness (QED) is 0.500. The summed E-state index contributed by atoms with van der Waals surface area (Å²) >= 11 is 0. The number of nitrogen functional groups attached to an aromatic ring is 1. The SMILES string of the molecule is CCC#CC#CCNc1ccc(C(=O)OCC)cc1N. The van der Waals surface area contributed by atoms with Gasteiger partial charge in [0.05, 0.1) is 30.1 Å². The normalized spacial score (nSPS) is 8.70. The van der Waals surface area contributed by atoms with E-state index in [2.05, 4.69) is 29.0 Å². The summed E-state index contributed by atoms with van der Waals surface area (Å²) in [7, 11) is 0. The smallest absolute Gasteiger partial charge is 0.338 e. The Labute approximate surface area is 119 Å². The third-order valence-corrected chi connectivity index (χ3v) is 2.35. The molecule has 0 aliphatic heterocycles. The summed E-state index contributed by atoms with van der Waals surface area (Å²) in [5.74, 6) is 10.8. The number of nitrogens with two attached hydrogens (primary N) is 1. The van der Waals surface area contributed by atoms with E-state index in [0.717, 1.165) is 12.1 Å². The molecular formula is C16H18N2O2. The van der Waals surface area contributed by atoms with E-state index in [1.54, 1.807) is 25.1 Å². The maximum atomic E-state index is 11.5. The Balaban J connectivity index is 2.64. The lowest BCUT2D eigenvalue weighted by Crippen LogP contribution is -2.07. The van der Waals surface area contributed by atoms with Crippen LogP contribution in [-0.4, -0.2) is 19.1 Å². The molecule has 0 spiro atoms. The molecule has 0 fully saturated rings. The van der Waals surface area contributed by atoms with Crippen LogP contribution in [0.4, 0.5) is 11.4 Å². The van der Waals surface area contributed by atoms with Crippen LogP contribution in [0.25, 0.3) is 0 Å². The second kappa shape index (κ2) is 8.50. The summed E-state index contributed by atoms with van der Waals surface area (Å²) in [5.41, 5.74) is 7.53. The average Bonchev–Trinajstić information content (AvgIpc) is 2.44. The van der Waals surface area contributed by atoms with Crippen LogP contribution < -0.4 is 11.1 Å². The van der Waals surface area contributed by atoms with Gasteiger partial charge < -0.3 is 15.8 Å². The van der Waals surface area contributed by atoms with E-state index < -0.39 is 0 Å². The van der Waals surface area contributed by atoms with E-state index in [9.17, 15) is 4.79 Å². The number of benzene rings is 1. The fourth-order valence-corrected chi connectivity index (χ4v) is 1.43. The molecule has 0 heterocycles. The predicted octanol–water partition coefficient (Wildman–Crippen LogP) is 2.27. The number of carbonyl (C=O) groups excluding carboxylic acids is 1. The van der Waals surface area contributed by atoms with Gasteiger partial charge in [0.2, 0.25) is 0 Å². The van der Waals surface area contributed by atoms with Gasteiger partial charge in [0.1, 0.15) is 0 Å². The number of ether oxygens (including phenoxy) is 1. The van der Waals surface area contributed by atoms with E-state index >= 15 is 0 Å². The first-order valence-electron chi connectivity index (χ1n) is 6.45. The van der Waals surface area contributed by atoms with Gasteiger partial charge in [-0.15, -0.1) is 0 Å². The van der Waals surface area contributed by atoms with Crippen LogP contribution in [0.5, 0.6) is 0 Å². The van der Waals surface area contributed by atoms with Crippen LogP contribution in [0.2, 0.25) is 0 Å². The molecule has 20 heavy (non-hydrogen) atoms. The second-order valence-electron chi connectivity index (χ2n) is 3.83. The van der Waals surface area contributed by atoms with Gasteiger partial charge in [0.15, 0.2) is 0 Å². The lowest BCUT2D eigenvalue weighted by Gasteiger charge is -2.08. The molecular weight excluding hydrogens is 252 g/mol. The lowest BCUT2D eigenvalue weighted by atomic mass is 10.1. The van der Waals surface area contributed by atoms with Crippen molar-refractivity contribution in [3.8, 4) is 23.7 Å². The molecule has 1 aromatic rings. The number of anilines is 2. The molecule has 1 aromatic carbocycles. The molecule has 104 valence electrons. The van der Waals surface area contributed by atoms with Crippen LogP contribution in [0.15, 0.2) is 18.2 Å². The van der Waals surface area contributed by atoms with Crippen molar-refractivity contribution in [2.75, 3.05) is 24.2 Å². The Bertz CT molecular complexity index is 586. The summed E-state index contributed by atoms with van der Waals surface area (Å²) in [6.45, 7) is 4.52. The van der Waals surface area contributed by atoms with Crippen molar-refractivity contribution in [2.24, 2.45) is 0 Å². The number of hydrogen-bond donors (Lipinski definition) is 2. The Kier molecular flexibility index (Phi) is 6.57. The number of hydrogen-bond acceptors (Lipinski definition) is 4. The zero-order valence-corrected chi connectivity index (χ0v) is 11.7. The van der Waals surface area contributed by atoms with E-state index in [0.29, 0.717) is 24.4 Å². The molecule has 0 atom stereocenters. The summed E-state index contributed by atoms with van der Waals surface area (Å²) in [4.78, 5) is 11.5. The third kappa shape index (κ3) is 4.96. The molecule has 0 bridgehead atoms. The van der Waals surface area contributed by atoms with Crippen LogP contribution in [0, 0.1) is 23.7 Å². The maximum Gasteiger partial charge on any atom is 0.338 e. The Morgan fingerprint density at radius 1 is 1.30 bits per heavy atom. The van der Waals surface area contributed by atoms with Crippen molar-refractivity contribution < 1.29 is 9.53 Å². The fraction of sp³-hybridized carbons (Fsp3) is 0.312. The van der Waals surface area contributed by atoms with Crippen LogP contribution >= 0.6 is 0 Å². The molecule has 1 rings (SSSR count). The Morgan fingerprint density at radius 3 is 2.70 bits per heavy atom. The topological polar surface area (TPSA) is 64.3 Å². The van der Waals surface area contributed by atoms with E-state index in [4.69, 9.17) is 10.5 Å². The highest BCUT2D eigenvalue weighted by Crippen LogP contribution is 2.20. The number of esters is 1. The summed E-state index contributed by atoms with van der Waals surface area (Å²) in [6.07, 6.45) is 0.796. The van der Waals surface area contributed by atoms with Crippen molar-refractivity contribution in [3.63, 3.8) is 0 Å². The standard InChI is InChI=1S/C16H18N2O2/c1-3-5-6-7-8-11-18-15-10-9-13(12-14(15)17)16(19)20-4-2/h9-10,12,18H,3-4,11,17H2,1-2H3. The van der Waals surface area contributed by atoms with Gasteiger partial charge in [-0.3, -0.25) is 0 Å². The third-order valence-electron chi connectivity index (χ3n) is 2.35. The van der Waals surface area contributed by atoms with Gasteiger partial charge in [0, 0.05) is 6.42 Å². The van der Waals surface area contributed by atoms with E-state index in [-0.39, 0.29) is 5.97 Å². The molecule has 0 aliphatic rings. The first-order chi connectivity index (χ1) is 9.69. The molecule has 0 unspecified atom stereocenters. The monoisotopic (exact) mass is 270 g/mol. The minimum atomic E-state index is -0.375. The molecule has 4 nitrogen and oxygen atoms in total. The van der Waals surface area contributed by atoms with Crippen molar-refractivity contribution >= 4 is 17.3 Å². The van der Waals surface area contributed by atoms with Gasteiger partial charge in [-0.1, -0.05) is 18.8 Å². The molecule has 0 saturated carbocycles. The maximum absolute atomic E-state index is 11.5. The second-order valence-corrected chi connectivity index (χ2v) is 3.83. The first kappa shape index (κ1) is 15.5. The van der Waals surface area contributed by atoms with E-state index in [1.807, 2.05) is 6.92 Å². The highest BCUT2D eigenvalue weighted by molar-refractivity contribution is 5.91. The molecule has 0 saturated heterocycles. The Morgan fingerprint density at radius 2 is 2.05 bits per heavy atom. The average molecular weight is 270 g/mol. The predicted molar refractivity (Wildman–Crippen MR) is 81.1 cm³/mol. The van der Waals surface area contributed by atoms with Crippen molar-refractivity contribution in [1.29, 1.82) is 0 Å². The molecule has 3 N–H and O–H groups in total. The molecule has 0 amide bonds. The number of carbonyl (C=O) groups is 1. The van der Waals surface area contributed by atoms with Crippen molar-refractivity contribution in [1.82, 2.24) is 0 Å². The summed E-state index contributed by atoms with van der Waals surface area (Å²) < 4.78 is 4.91. The van der Waals surface area contributed by atoms with Gasteiger partial charge >= 0.3 is 5.97 Å². The largest absolute Gasteiger partial charge is 0.462 e. The van der Waals surface area contributed by atoms with Crippen LogP contribution in [0.3, 0.4) is 0 Å². The molecule has 0 aromatic heterocycles. The number of rotatable bonds is 4. The van der Waals surface area contributed by atoms with Gasteiger partial charge in [-0.25, -0.2) is 4.79 Å². The van der Waals surface area contributed by atoms with Crippen molar-refractivity contribution in [2.45, 2.75) is 20.3 Å².